The summed E-state index contributed by atoms with van der Waals surface area (Å²) in [5.74, 6) is -0.607. The van der Waals surface area contributed by atoms with Gasteiger partial charge in [-0.1, -0.05) is 0 Å². The van der Waals surface area contributed by atoms with Gasteiger partial charge in [0.15, 0.2) is 5.78 Å². The van der Waals surface area contributed by atoms with E-state index in [-0.39, 0.29) is 24.4 Å². The van der Waals surface area contributed by atoms with Gasteiger partial charge in [-0.3, -0.25) is 9.59 Å². The number of hydrogen-bond donors (Lipinski definition) is 2. The van der Waals surface area contributed by atoms with Crippen molar-refractivity contribution in [3.05, 3.63) is 40.2 Å². The van der Waals surface area contributed by atoms with E-state index in [9.17, 15) is 22.8 Å². The standard InChI is InChI=1S/C20H26N2O6S/c1-13(23)16-12-14-11-15(8-9-17(14)28-19(16)25)22-18(24)7-5-6-10-21-29(26,27)20(2,3)4/h8-9,11-12,21H,5-7,10H2,1-4H3,(H,22,24). The highest BCUT2D eigenvalue weighted by Crippen LogP contribution is 2.19. The third-order valence-electron chi connectivity index (χ3n) is 4.32. The lowest BCUT2D eigenvalue weighted by atomic mass is 10.1. The zero-order chi connectivity index (χ0) is 21.8. The number of benzene rings is 1. The van der Waals surface area contributed by atoms with Gasteiger partial charge in [-0.2, -0.15) is 0 Å². The Morgan fingerprint density at radius 3 is 2.41 bits per heavy atom. The van der Waals surface area contributed by atoms with Crippen molar-refractivity contribution >= 4 is 38.4 Å². The van der Waals surface area contributed by atoms with E-state index in [2.05, 4.69) is 10.0 Å². The first kappa shape index (κ1) is 22.8. The molecule has 1 aromatic carbocycles. The maximum atomic E-state index is 12.1. The van der Waals surface area contributed by atoms with Gasteiger partial charge in [-0.25, -0.2) is 17.9 Å². The van der Waals surface area contributed by atoms with Crippen molar-refractivity contribution in [3.63, 3.8) is 0 Å². The normalized spacial score (nSPS) is 12.1. The van der Waals surface area contributed by atoms with Gasteiger partial charge in [0.25, 0.3) is 0 Å². The number of sulfonamides is 1. The summed E-state index contributed by atoms with van der Waals surface area (Å²) < 4.78 is 30.7. The molecule has 0 fully saturated rings. The fourth-order valence-corrected chi connectivity index (χ4v) is 3.35. The van der Waals surface area contributed by atoms with E-state index in [0.29, 0.717) is 29.5 Å². The third kappa shape index (κ3) is 5.98. The summed E-state index contributed by atoms with van der Waals surface area (Å²) in [5, 5.41) is 3.28. The average Bonchev–Trinajstić information content (AvgIpc) is 2.59. The van der Waals surface area contributed by atoms with Crippen molar-refractivity contribution < 1.29 is 22.4 Å². The van der Waals surface area contributed by atoms with Gasteiger partial charge in [-0.05, 0) is 64.8 Å². The summed E-state index contributed by atoms with van der Waals surface area (Å²) in [6.07, 6.45) is 1.29. The Labute approximate surface area is 169 Å². The topological polar surface area (TPSA) is 123 Å². The Morgan fingerprint density at radius 2 is 1.79 bits per heavy atom. The summed E-state index contributed by atoms with van der Waals surface area (Å²) in [5.41, 5.74) is 0.103. The quantitative estimate of drug-likeness (QED) is 0.383. The summed E-state index contributed by atoms with van der Waals surface area (Å²) in [4.78, 5) is 35.3. The zero-order valence-corrected chi connectivity index (χ0v) is 17.8. The number of ketones is 1. The zero-order valence-electron chi connectivity index (χ0n) is 17.0. The van der Waals surface area contributed by atoms with Crippen LogP contribution in [0.5, 0.6) is 0 Å². The molecule has 9 heteroatoms. The Hall–Kier alpha value is -2.52. The molecule has 0 atom stereocenters. The largest absolute Gasteiger partial charge is 0.422 e. The van der Waals surface area contributed by atoms with Crippen molar-refractivity contribution in [1.29, 1.82) is 0 Å². The van der Waals surface area contributed by atoms with Crippen LogP contribution in [0.25, 0.3) is 11.0 Å². The van der Waals surface area contributed by atoms with Crippen LogP contribution in [0.15, 0.2) is 33.5 Å². The maximum absolute atomic E-state index is 12.1. The van der Waals surface area contributed by atoms with Crippen molar-refractivity contribution in [2.45, 2.75) is 51.7 Å². The fraction of sp³-hybridized carbons (Fsp3) is 0.450. The van der Waals surface area contributed by atoms with Gasteiger partial charge in [0.05, 0.1) is 4.75 Å². The number of unbranched alkanes of at least 4 members (excludes halogenated alkanes) is 1. The highest BCUT2D eigenvalue weighted by molar-refractivity contribution is 7.90. The number of rotatable bonds is 8. The van der Waals surface area contributed by atoms with Crippen molar-refractivity contribution in [2.24, 2.45) is 0 Å². The lowest BCUT2D eigenvalue weighted by molar-refractivity contribution is -0.116. The van der Waals surface area contributed by atoms with Crippen LogP contribution in [0.2, 0.25) is 0 Å². The van der Waals surface area contributed by atoms with E-state index in [1.54, 1.807) is 39.0 Å². The minimum atomic E-state index is -3.39. The molecule has 0 radical (unpaired) electrons. The minimum absolute atomic E-state index is 0.0429. The lowest BCUT2D eigenvalue weighted by Crippen LogP contribution is -2.39. The number of nitrogens with one attached hydrogen (secondary N) is 2. The second-order valence-corrected chi connectivity index (χ2v) is 10.3. The van der Waals surface area contributed by atoms with Crippen LogP contribution >= 0.6 is 0 Å². The molecule has 2 rings (SSSR count). The molecular weight excluding hydrogens is 396 g/mol. The summed E-state index contributed by atoms with van der Waals surface area (Å²) in [7, 11) is -3.39. The molecule has 29 heavy (non-hydrogen) atoms. The highest BCUT2D eigenvalue weighted by atomic mass is 32.2. The van der Waals surface area contributed by atoms with Gasteiger partial charge in [0.2, 0.25) is 15.9 Å². The van der Waals surface area contributed by atoms with Gasteiger partial charge in [-0.15, -0.1) is 0 Å². The van der Waals surface area contributed by atoms with Crippen LogP contribution in [-0.2, 0) is 14.8 Å². The van der Waals surface area contributed by atoms with Crippen LogP contribution in [0.4, 0.5) is 5.69 Å². The molecule has 0 unspecified atom stereocenters. The first-order chi connectivity index (χ1) is 13.4. The molecule has 2 N–H and O–H groups in total. The number of carbonyl (C=O) groups is 2. The first-order valence-electron chi connectivity index (χ1n) is 9.28. The molecule has 0 bridgehead atoms. The minimum Gasteiger partial charge on any atom is -0.422 e. The Balaban J connectivity index is 1.91. The number of Topliss-reactive ketones (excluding diaryl/α,β-unsaturated/α-hetero) is 1. The van der Waals surface area contributed by atoms with Crippen molar-refractivity contribution in [3.8, 4) is 0 Å². The summed E-state index contributed by atoms with van der Waals surface area (Å²) in [6, 6.07) is 6.23. The number of carbonyl (C=O) groups excluding carboxylic acids is 2. The predicted octanol–water partition coefficient (Wildman–Crippen LogP) is 2.82. The van der Waals surface area contributed by atoms with E-state index in [1.165, 1.54) is 13.0 Å². The van der Waals surface area contributed by atoms with Crippen LogP contribution in [0.1, 0.15) is 57.3 Å². The lowest BCUT2D eigenvalue weighted by Gasteiger charge is -2.19. The molecule has 0 aliphatic heterocycles. The SMILES string of the molecule is CC(=O)c1cc2cc(NC(=O)CCCCNS(=O)(=O)C(C)(C)C)ccc2oc1=O. The Kier molecular flexibility index (Phi) is 6.97. The average molecular weight is 423 g/mol. The molecule has 1 amide bonds. The van der Waals surface area contributed by atoms with Gasteiger partial charge in [0, 0.05) is 24.0 Å². The molecule has 0 saturated carbocycles. The second-order valence-electron chi connectivity index (χ2n) is 7.77. The summed E-state index contributed by atoms with van der Waals surface area (Å²) >= 11 is 0. The third-order valence-corrected chi connectivity index (χ3v) is 6.52. The van der Waals surface area contributed by atoms with Crippen LogP contribution < -0.4 is 15.7 Å². The molecule has 158 valence electrons. The summed E-state index contributed by atoms with van der Waals surface area (Å²) in [6.45, 7) is 6.42. The number of fused-ring (bicyclic) bond motifs is 1. The molecular formula is C20H26N2O6S. The molecule has 0 spiro atoms. The number of amides is 1. The smallest absolute Gasteiger partial charge is 0.347 e. The Morgan fingerprint density at radius 1 is 1.10 bits per heavy atom. The maximum Gasteiger partial charge on any atom is 0.347 e. The van der Waals surface area contributed by atoms with E-state index in [4.69, 9.17) is 4.42 Å². The molecule has 8 nitrogen and oxygen atoms in total. The van der Waals surface area contributed by atoms with E-state index < -0.39 is 26.2 Å². The van der Waals surface area contributed by atoms with Crippen LogP contribution in [0, 0.1) is 0 Å². The van der Waals surface area contributed by atoms with Gasteiger partial charge < -0.3 is 9.73 Å². The van der Waals surface area contributed by atoms with Crippen LogP contribution in [-0.4, -0.2) is 31.4 Å². The van der Waals surface area contributed by atoms with Crippen molar-refractivity contribution in [2.75, 3.05) is 11.9 Å². The molecule has 1 aromatic heterocycles. The van der Waals surface area contributed by atoms with E-state index in [0.717, 1.165) is 0 Å². The predicted molar refractivity (Wildman–Crippen MR) is 112 cm³/mol. The van der Waals surface area contributed by atoms with E-state index in [1.807, 2.05) is 0 Å². The second kappa shape index (κ2) is 8.87. The number of anilines is 1. The van der Waals surface area contributed by atoms with Crippen molar-refractivity contribution in [1.82, 2.24) is 4.72 Å². The molecule has 0 saturated heterocycles. The molecule has 0 aliphatic rings. The fourth-order valence-electron chi connectivity index (χ4n) is 2.50. The monoisotopic (exact) mass is 422 g/mol. The molecule has 0 aliphatic carbocycles. The first-order valence-corrected chi connectivity index (χ1v) is 10.8. The van der Waals surface area contributed by atoms with Gasteiger partial charge in [0.1, 0.15) is 11.1 Å². The highest BCUT2D eigenvalue weighted by Gasteiger charge is 2.27. The number of hydrogen-bond acceptors (Lipinski definition) is 6. The molecule has 2 aromatic rings. The van der Waals surface area contributed by atoms with Crippen LogP contribution in [0.3, 0.4) is 0 Å². The molecule has 1 heterocycles. The van der Waals surface area contributed by atoms with Gasteiger partial charge >= 0.3 is 5.63 Å². The van der Waals surface area contributed by atoms with E-state index >= 15 is 0 Å². The Bertz CT molecular complexity index is 1080.